The molecule has 0 spiro atoms. The molecule has 6 heteroatoms. The molecule has 0 saturated carbocycles. The Morgan fingerprint density at radius 1 is 0.957 bits per heavy atom. The van der Waals surface area contributed by atoms with E-state index >= 15 is 0 Å². The second kappa shape index (κ2) is 5.47. The van der Waals surface area contributed by atoms with Crippen molar-refractivity contribution in [2.24, 2.45) is 0 Å². The molecule has 0 atom stereocenters. The molecule has 1 heterocycles. The molecular weight excluding hydrogens is 328 g/mol. The number of rotatable bonds is 3. The zero-order valence-electron chi connectivity index (χ0n) is 12.2. The first-order valence-electron chi connectivity index (χ1n) is 7.29. The quantitative estimate of drug-likeness (QED) is 0.789. The summed E-state index contributed by atoms with van der Waals surface area (Å²) in [5.41, 5.74) is 3.28. The van der Waals surface area contributed by atoms with E-state index in [-0.39, 0.29) is 4.90 Å². The first kappa shape index (κ1) is 14.4. The Labute approximate surface area is 138 Å². The van der Waals surface area contributed by atoms with Crippen molar-refractivity contribution in [3.63, 3.8) is 0 Å². The molecule has 4 nitrogen and oxygen atoms in total. The first-order valence-corrected chi connectivity index (χ1v) is 9.59. The second-order valence-corrected chi connectivity index (χ2v) is 8.13. The van der Waals surface area contributed by atoms with Crippen molar-refractivity contribution >= 4 is 26.5 Å². The van der Waals surface area contributed by atoms with Crippen molar-refractivity contribution in [2.45, 2.75) is 17.7 Å². The molecule has 0 aliphatic heterocycles. The molecule has 3 aromatic rings. The Kier molecular flexibility index (Phi) is 3.43. The molecule has 0 saturated heterocycles. The minimum Gasteiger partial charge on any atom is -0.255 e. The van der Waals surface area contributed by atoms with E-state index in [9.17, 15) is 8.42 Å². The van der Waals surface area contributed by atoms with Crippen LogP contribution in [0, 0.1) is 0 Å². The van der Waals surface area contributed by atoms with E-state index in [1.54, 1.807) is 30.3 Å². The predicted octanol–water partition coefficient (Wildman–Crippen LogP) is 3.71. The van der Waals surface area contributed by atoms with Gasteiger partial charge in [0.05, 0.1) is 10.6 Å². The lowest BCUT2D eigenvalue weighted by Crippen LogP contribution is -2.12. The highest BCUT2D eigenvalue weighted by atomic mass is 32.2. The first-order chi connectivity index (χ1) is 11.1. The normalized spacial score (nSPS) is 13.2. The van der Waals surface area contributed by atoms with Gasteiger partial charge >= 0.3 is 0 Å². The Bertz CT molecular complexity index is 963. The summed E-state index contributed by atoms with van der Waals surface area (Å²) in [4.78, 5) is 5.91. The molecule has 0 bridgehead atoms. The van der Waals surface area contributed by atoms with Crippen LogP contribution in [0.4, 0.5) is 5.13 Å². The molecule has 1 aliphatic rings. The number of nitrogens with zero attached hydrogens (tertiary/aromatic N) is 1. The molecule has 1 aromatic heterocycles. The van der Waals surface area contributed by atoms with Crippen LogP contribution >= 0.6 is 11.3 Å². The largest absolute Gasteiger partial charge is 0.263 e. The van der Waals surface area contributed by atoms with Gasteiger partial charge in [-0.2, -0.15) is 0 Å². The SMILES string of the molecule is O=S(=O)(Nc1nc2c(s1)CCc1ccccc1-2)c1ccccc1. The number of hydrogen-bond donors (Lipinski definition) is 1. The van der Waals surface area contributed by atoms with Crippen LogP contribution in [0.2, 0.25) is 0 Å². The summed E-state index contributed by atoms with van der Waals surface area (Å²) in [7, 11) is -3.59. The molecule has 1 aliphatic carbocycles. The van der Waals surface area contributed by atoms with Gasteiger partial charge in [-0.05, 0) is 30.5 Å². The average molecular weight is 342 g/mol. The van der Waals surface area contributed by atoms with Crippen molar-refractivity contribution in [3.05, 3.63) is 65.0 Å². The molecule has 23 heavy (non-hydrogen) atoms. The van der Waals surface area contributed by atoms with Crippen LogP contribution in [0.15, 0.2) is 59.5 Å². The number of anilines is 1. The highest BCUT2D eigenvalue weighted by Crippen LogP contribution is 2.38. The zero-order chi connectivity index (χ0) is 15.9. The third kappa shape index (κ3) is 2.64. The Morgan fingerprint density at radius 2 is 1.70 bits per heavy atom. The van der Waals surface area contributed by atoms with Gasteiger partial charge in [-0.3, -0.25) is 4.72 Å². The summed E-state index contributed by atoms with van der Waals surface area (Å²) in [6.45, 7) is 0. The van der Waals surface area contributed by atoms with E-state index in [0.29, 0.717) is 5.13 Å². The molecule has 0 radical (unpaired) electrons. The number of thiazole rings is 1. The summed E-state index contributed by atoms with van der Waals surface area (Å²) >= 11 is 1.42. The minimum atomic E-state index is -3.59. The fraction of sp³-hybridized carbons (Fsp3) is 0.118. The number of fused-ring (bicyclic) bond motifs is 3. The topological polar surface area (TPSA) is 59.1 Å². The number of sulfonamides is 1. The van der Waals surface area contributed by atoms with Gasteiger partial charge in [0.25, 0.3) is 10.0 Å². The Hall–Kier alpha value is -2.18. The maximum atomic E-state index is 12.4. The van der Waals surface area contributed by atoms with Gasteiger partial charge in [0.2, 0.25) is 0 Å². The maximum Gasteiger partial charge on any atom is 0.263 e. The van der Waals surface area contributed by atoms with Crippen LogP contribution < -0.4 is 4.72 Å². The van der Waals surface area contributed by atoms with Gasteiger partial charge in [-0.1, -0.05) is 42.5 Å². The third-order valence-electron chi connectivity index (χ3n) is 3.87. The smallest absolute Gasteiger partial charge is 0.255 e. The Morgan fingerprint density at radius 3 is 2.52 bits per heavy atom. The van der Waals surface area contributed by atoms with Gasteiger partial charge in [0.15, 0.2) is 5.13 Å². The molecule has 116 valence electrons. The number of aryl methyl sites for hydroxylation is 2. The van der Waals surface area contributed by atoms with Gasteiger partial charge in [-0.25, -0.2) is 13.4 Å². The van der Waals surface area contributed by atoms with Crippen molar-refractivity contribution < 1.29 is 8.42 Å². The average Bonchev–Trinajstić information content (AvgIpc) is 2.98. The summed E-state index contributed by atoms with van der Waals surface area (Å²) in [6.07, 6.45) is 1.87. The van der Waals surface area contributed by atoms with Crippen LogP contribution in [-0.4, -0.2) is 13.4 Å². The van der Waals surface area contributed by atoms with E-state index in [1.807, 2.05) is 18.2 Å². The second-order valence-electron chi connectivity index (χ2n) is 5.37. The van der Waals surface area contributed by atoms with Gasteiger partial charge in [-0.15, -0.1) is 11.3 Å². The van der Waals surface area contributed by atoms with Crippen LogP contribution in [0.5, 0.6) is 0 Å². The molecule has 0 amide bonds. The van der Waals surface area contributed by atoms with Crippen LogP contribution in [-0.2, 0) is 22.9 Å². The van der Waals surface area contributed by atoms with Gasteiger partial charge in [0, 0.05) is 10.4 Å². The van der Waals surface area contributed by atoms with Crippen molar-refractivity contribution in [2.75, 3.05) is 4.72 Å². The fourth-order valence-corrected chi connectivity index (χ4v) is 5.00. The zero-order valence-corrected chi connectivity index (χ0v) is 13.8. The summed E-state index contributed by atoms with van der Waals surface area (Å²) in [6, 6.07) is 16.5. The van der Waals surface area contributed by atoms with Crippen LogP contribution in [0.3, 0.4) is 0 Å². The van der Waals surface area contributed by atoms with E-state index in [1.165, 1.54) is 16.9 Å². The summed E-state index contributed by atoms with van der Waals surface area (Å²) in [5, 5.41) is 0.426. The monoisotopic (exact) mass is 342 g/mol. The molecule has 2 aromatic carbocycles. The standard InChI is InChI=1S/C17H14N2O2S2/c20-23(21,13-7-2-1-3-8-13)19-17-18-16-14-9-5-4-6-12(14)10-11-15(16)22-17/h1-9H,10-11H2,(H,18,19). The van der Waals surface area contributed by atoms with Crippen molar-refractivity contribution in [1.29, 1.82) is 0 Å². The minimum absolute atomic E-state index is 0.244. The Balaban J connectivity index is 1.70. The molecule has 0 fully saturated rings. The van der Waals surface area contributed by atoms with E-state index in [2.05, 4.69) is 15.8 Å². The third-order valence-corrected chi connectivity index (χ3v) is 6.38. The molecular formula is C17H14N2O2S2. The summed E-state index contributed by atoms with van der Waals surface area (Å²) < 4.78 is 27.4. The maximum absolute atomic E-state index is 12.4. The van der Waals surface area contributed by atoms with E-state index in [0.717, 1.165) is 29.0 Å². The lowest BCUT2D eigenvalue weighted by Gasteiger charge is -2.13. The lowest BCUT2D eigenvalue weighted by atomic mass is 9.94. The highest BCUT2D eigenvalue weighted by molar-refractivity contribution is 7.93. The number of benzene rings is 2. The lowest BCUT2D eigenvalue weighted by molar-refractivity contribution is 0.601. The van der Waals surface area contributed by atoms with Crippen LogP contribution in [0.1, 0.15) is 10.4 Å². The van der Waals surface area contributed by atoms with Crippen LogP contribution in [0.25, 0.3) is 11.3 Å². The van der Waals surface area contributed by atoms with E-state index in [4.69, 9.17) is 0 Å². The predicted molar refractivity (Wildman–Crippen MR) is 92.2 cm³/mol. The number of aromatic nitrogens is 1. The highest BCUT2D eigenvalue weighted by Gasteiger charge is 2.23. The van der Waals surface area contributed by atoms with Gasteiger partial charge in [0.1, 0.15) is 0 Å². The van der Waals surface area contributed by atoms with Gasteiger partial charge < -0.3 is 0 Å². The molecule has 1 N–H and O–H groups in total. The van der Waals surface area contributed by atoms with Crippen molar-refractivity contribution in [3.8, 4) is 11.3 Å². The number of hydrogen-bond acceptors (Lipinski definition) is 4. The summed E-state index contributed by atoms with van der Waals surface area (Å²) in [5.74, 6) is 0. The van der Waals surface area contributed by atoms with Crippen molar-refractivity contribution in [1.82, 2.24) is 4.98 Å². The molecule has 4 rings (SSSR count). The number of nitrogens with one attached hydrogen (secondary N) is 1. The molecule has 0 unspecified atom stereocenters. The van der Waals surface area contributed by atoms with E-state index < -0.39 is 10.0 Å². The fourth-order valence-electron chi connectivity index (χ4n) is 2.77.